The highest BCUT2D eigenvalue weighted by atomic mass is 32.7. The van der Waals surface area contributed by atoms with Gasteiger partial charge in [-0.2, -0.15) is 0 Å². The van der Waals surface area contributed by atoms with Crippen LogP contribution in [0.25, 0.3) is 0 Å². The molecule has 0 aliphatic carbocycles. The van der Waals surface area contributed by atoms with Crippen molar-refractivity contribution in [3.63, 3.8) is 0 Å². The normalized spacial score (nSPS) is 13.6. The van der Waals surface area contributed by atoms with Gasteiger partial charge in [0.25, 0.3) is 0 Å². The summed E-state index contributed by atoms with van der Waals surface area (Å²) in [6, 6.07) is 0. The molecule has 0 aromatic carbocycles. The van der Waals surface area contributed by atoms with E-state index in [0.29, 0.717) is 11.3 Å². The summed E-state index contributed by atoms with van der Waals surface area (Å²) in [6.07, 6.45) is 5.52. The fraction of sp³-hybridized carbons (Fsp3) is 0.750. The first-order valence-corrected chi connectivity index (χ1v) is 10.4. The van der Waals surface area contributed by atoms with Gasteiger partial charge in [0.1, 0.15) is 0 Å². The first-order chi connectivity index (χ1) is 9.45. The Balaban J connectivity index is 3.94. The number of rotatable bonds is 13. The summed E-state index contributed by atoms with van der Waals surface area (Å²) in [5.74, 6) is 1.72. The van der Waals surface area contributed by atoms with Crippen LogP contribution in [0.1, 0.15) is 33.6 Å². The second-order valence-electron chi connectivity index (χ2n) is 5.84. The predicted octanol–water partition coefficient (Wildman–Crippen LogP) is 4.26. The van der Waals surface area contributed by atoms with Gasteiger partial charge in [-0.25, -0.2) is 0 Å². The molecular weight excluding hydrogens is 283 g/mol. The average molecular weight is 316 g/mol. The standard InChI is InChI=1S/C16H33N2PS/c1-7-8-10-18-15(3)14(2)16(4,5)9-12-19-20-13-11-17-6/h7,14,17-19H,1,3,8-13H2,2,4-6H3. The van der Waals surface area contributed by atoms with Crippen LogP contribution in [0.2, 0.25) is 0 Å². The lowest BCUT2D eigenvalue weighted by atomic mass is 9.76. The molecule has 0 radical (unpaired) electrons. The highest BCUT2D eigenvalue weighted by molar-refractivity contribution is 8.49. The maximum Gasteiger partial charge on any atom is 0.0178 e. The zero-order chi connectivity index (χ0) is 15.4. The molecule has 0 aliphatic rings. The molecule has 0 saturated carbocycles. The van der Waals surface area contributed by atoms with Crippen LogP contribution >= 0.6 is 19.2 Å². The summed E-state index contributed by atoms with van der Waals surface area (Å²) in [7, 11) is 3.03. The molecule has 0 amide bonds. The van der Waals surface area contributed by atoms with Crippen molar-refractivity contribution < 1.29 is 0 Å². The van der Waals surface area contributed by atoms with Crippen LogP contribution in [0.5, 0.6) is 0 Å². The van der Waals surface area contributed by atoms with E-state index in [-0.39, 0.29) is 0 Å². The van der Waals surface area contributed by atoms with E-state index in [0.717, 1.165) is 27.3 Å². The Kier molecular flexibility index (Phi) is 11.7. The molecule has 0 heterocycles. The Morgan fingerprint density at radius 3 is 2.70 bits per heavy atom. The van der Waals surface area contributed by atoms with Crippen LogP contribution in [-0.2, 0) is 0 Å². The van der Waals surface area contributed by atoms with Crippen molar-refractivity contribution in [1.82, 2.24) is 10.6 Å². The molecule has 2 nitrogen and oxygen atoms in total. The average Bonchev–Trinajstić information content (AvgIpc) is 2.42. The molecule has 0 saturated heterocycles. The minimum absolute atomic E-state index is 0.314. The Morgan fingerprint density at radius 1 is 1.40 bits per heavy atom. The molecule has 0 bridgehead atoms. The molecule has 0 spiro atoms. The van der Waals surface area contributed by atoms with E-state index < -0.39 is 0 Å². The van der Waals surface area contributed by atoms with Gasteiger partial charge in [0.15, 0.2) is 0 Å². The van der Waals surface area contributed by atoms with Crippen LogP contribution in [0.3, 0.4) is 0 Å². The van der Waals surface area contributed by atoms with Crippen molar-refractivity contribution in [3.8, 4) is 0 Å². The molecule has 0 aliphatic heterocycles. The maximum atomic E-state index is 4.20. The van der Waals surface area contributed by atoms with Gasteiger partial charge in [-0.1, -0.05) is 41.2 Å². The maximum absolute atomic E-state index is 4.20. The number of hydrogen-bond donors (Lipinski definition) is 2. The minimum atomic E-state index is 0.314. The lowest BCUT2D eigenvalue weighted by Crippen LogP contribution is -2.30. The minimum Gasteiger partial charge on any atom is -0.388 e. The highest BCUT2D eigenvalue weighted by Crippen LogP contribution is 2.39. The Hall–Kier alpha value is 0.0200. The summed E-state index contributed by atoms with van der Waals surface area (Å²) in [5.41, 5.74) is 1.48. The molecule has 118 valence electrons. The van der Waals surface area contributed by atoms with Crippen LogP contribution in [0, 0.1) is 11.3 Å². The molecule has 0 aromatic heterocycles. The Labute approximate surface area is 132 Å². The van der Waals surface area contributed by atoms with Crippen LogP contribution in [0.4, 0.5) is 0 Å². The molecule has 2 N–H and O–H groups in total. The van der Waals surface area contributed by atoms with Gasteiger partial charge in [-0.3, -0.25) is 0 Å². The van der Waals surface area contributed by atoms with Crippen LogP contribution in [-0.4, -0.2) is 32.1 Å². The van der Waals surface area contributed by atoms with Crippen molar-refractivity contribution in [1.29, 1.82) is 0 Å². The first kappa shape index (κ1) is 20.0. The largest absolute Gasteiger partial charge is 0.388 e. The van der Waals surface area contributed by atoms with Crippen molar-refractivity contribution >= 4 is 19.2 Å². The lowest BCUT2D eigenvalue weighted by Gasteiger charge is -2.33. The molecular formula is C16H33N2PS. The first-order valence-electron chi connectivity index (χ1n) is 7.48. The van der Waals surface area contributed by atoms with Crippen molar-refractivity contribution in [2.45, 2.75) is 33.6 Å². The van der Waals surface area contributed by atoms with E-state index in [4.69, 9.17) is 0 Å². The molecule has 4 heteroatoms. The summed E-state index contributed by atoms with van der Waals surface area (Å²) in [5, 5.41) is 6.62. The summed E-state index contributed by atoms with van der Waals surface area (Å²) < 4.78 is 0. The zero-order valence-electron chi connectivity index (χ0n) is 13.7. The van der Waals surface area contributed by atoms with E-state index >= 15 is 0 Å². The fourth-order valence-corrected chi connectivity index (χ4v) is 4.67. The molecule has 20 heavy (non-hydrogen) atoms. The zero-order valence-corrected chi connectivity index (χ0v) is 15.5. The summed E-state index contributed by atoms with van der Waals surface area (Å²) in [6.45, 7) is 17.0. The Morgan fingerprint density at radius 2 is 2.10 bits per heavy atom. The van der Waals surface area contributed by atoms with Crippen molar-refractivity contribution in [3.05, 3.63) is 24.9 Å². The number of hydrogen-bond acceptors (Lipinski definition) is 3. The molecule has 0 aromatic rings. The summed E-state index contributed by atoms with van der Waals surface area (Å²) >= 11 is 2.07. The predicted molar refractivity (Wildman–Crippen MR) is 99.1 cm³/mol. The third-order valence-corrected chi connectivity index (χ3v) is 6.73. The number of nitrogens with one attached hydrogen (secondary N) is 2. The van der Waals surface area contributed by atoms with Gasteiger partial charge in [-0.15, -0.1) is 18.0 Å². The Bertz CT molecular complexity index is 280. The molecule has 0 rings (SSSR count). The fourth-order valence-electron chi connectivity index (χ4n) is 1.85. The van der Waals surface area contributed by atoms with Gasteiger partial charge >= 0.3 is 0 Å². The van der Waals surface area contributed by atoms with E-state index in [2.05, 4.69) is 55.9 Å². The highest BCUT2D eigenvalue weighted by Gasteiger charge is 2.27. The van der Waals surface area contributed by atoms with Crippen LogP contribution in [0.15, 0.2) is 24.9 Å². The van der Waals surface area contributed by atoms with E-state index in [1.807, 2.05) is 13.1 Å². The topological polar surface area (TPSA) is 24.1 Å². The molecule has 0 fully saturated rings. The van der Waals surface area contributed by atoms with Crippen LogP contribution < -0.4 is 10.6 Å². The van der Waals surface area contributed by atoms with E-state index in [9.17, 15) is 0 Å². The third kappa shape index (κ3) is 9.05. The second kappa shape index (κ2) is 11.7. The van der Waals surface area contributed by atoms with Gasteiger partial charge in [0.2, 0.25) is 0 Å². The number of allylic oxidation sites excluding steroid dienone is 1. The molecule has 2 unspecified atom stereocenters. The summed E-state index contributed by atoms with van der Waals surface area (Å²) in [4.78, 5) is 0. The van der Waals surface area contributed by atoms with Gasteiger partial charge in [0, 0.05) is 30.5 Å². The van der Waals surface area contributed by atoms with Gasteiger partial charge in [-0.05, 0) is 31.5 Å². The van der Waals surface area contributed by atoms with E-state index in [1.54, 1.807) is 0 Å². The van der Waals surface area contributed by atoms with E-state index in [1.165, 1.54) is 24.0 Å². The SMILES string of the molecule is C=CCCNC(=C)C(C)C(C)(C)CCPSCCNC. The van der Waals surface area contributed by atoms with Crippen molar-refractivity contribution in [2.24, 2.45) is 11.3 Å². The smallest absolute Gasteiger partial charge is 0.0178 e. The van der Waals surface area contributed by atoms with Gasteiger partial charge in [0.05, 0.1) is 0 Å². The quantitative estimate of drug-likeness (QED) is 0.301. The van der Waals surface area contributed by atoms with Crippen molar-refractivity contribution in [2.75, 3.05) is 32.1 Å². The lowest BCUT2D eigenvalue weighted by molar-refractivity contribution is 0.248. The van der Waals surface area contributed by atoms with Gasteiger partial charge < -0.3 is 10.6 Å². The molecule has 2 atom stereocenters. The second-order valence-corrected chi connectivity index (χ2v) is 9.05. The monoisotopic (exact) mass is 316 g/mol. The third-order valence-electron chi connectivity index (χ3n) is 3.82.